The number of rotatable bonds is 12. The zero-order valence-corrected chi connectivity index (χ0v) is 17.8. The Bertz CT molecular complexity index is 836. The van der Waals surface area contributed by atoms with Gasteiger partial charge in [0, 0.05) is 5.56 Å². The molecule has 2 aromatic rings. The number of hydrogen-bond donors (Lipinski definition) is 1. The minimum Gasteiger partial charge on any atom is -0.494 e. The van der Waals surface area contributed by atoms with E-state index in [-0.39, 0.29) is 6.61 Å². The molecule has 0 spiro atoms. The number of nitrogens with zero attached hydrogens (tertiary/aromatic N) is 1. The predicted octanol–water partition coefficient (Wildman–Crippen LogP) is 3.42. The smallest absolute Gasteiger partial charge is 0.277 e. The van der Waals surface area contributed by atoms with E-state index in [1.807, 2.05) is 12.1 Å². The molecule has 162 valence electrons. The van der Waals surface area contributed by atoms with Crippen LogP contribution in [0.25, 0.3) is 0 Å². The largest absolute Gasteiger partial charge is 0.494 e. The highest BCUT2D eigenvalue weighted by Gasteiger charge is 2.14. The van der Waals surface area contributed by atoms with Gasteiger partial charge in [0.15, 0.2) is 18.1 Å². The van der Waals surface area contributed by atoms with Crippen LogP contribution in [0.2, 0.25) is 0 Å². The monoisotopic (exact) mass is 416 g/mol. The van der Waals surface area contributed by atoms with Gasteiger partial charge in [-0.05, 0) is 42.8 Å². The van der Waals surface area contributed by atoms with E-state index in [1.165, 1.54) is 27.5 Å². The van der Waals surface area contributed by atoms with Crippen LogP contribution in [0, 0.1) is 0 Å². The van der Waals surface area contributed by atoms with E-state index in [0.717, 1.165) is 18.6 Å². The summed E-state index contributed by atoms with van der Waals surface area (Å²) >= 11 is 0. The third-order valence-corrected chi connectivity index (χ3v) is 4.09. The van der Waals surface area contributed by atoms with E-state index in [9.17, 15) is 4.79 Å². The number of hydrogen-bond acceptors (Lipinski definition) is 7. The van der Waals surface area contributed by atoms with Crippen molar-refractivity contribution in [3.8, 4) is 28.7 Å². The molecule has 0 heterocycles. The molecule has 8 heteroatoms. The van der Waals surface area contributed by atoms with E-state index < -0.39 is 5.91 Å². The number of benzene rings is 2. The first-order valence-electron chi connectivity index (χ1n) is 9.59. The third kappa shape index (κ3) is 6.58. The normalized spacial score (nSPS) is 10.5. The molecule has 0 saturated heterocycles. The van der Waals surface area contributed by atoms with Crippen LogP contribution in [0.15, 0.2) is 41.5 Å². The molecule has 0 aliphatic rings. The van der Waals surface area contributed by atoms with E-state index >= 15 is 0 Å². The van der Waals surface area contributed by atoms with E-state index in [4.69, 9.17) is 23.7 Å². The van der Waals surface area contributed by atoms with Crippen molar-refractivity contribution in [3.63, 3.8) is 0 Å². The molecule has 0 atom stereocenters. The van der Waals surface area contributed by atoms with Crippen LogP contribution in [0.3, 0.4) is 0 Å². The van der Waals surface area contributed by atoms with Gasteiger partial charge in [-0.3, -0.25) is 4.79 Å². The minimum absolute atomic E-state index is 0.170. The Labute approximate surface area is 176 Å². The molecule has 0 unspecified atom stereocenters. The predicted molar refractivity (Wildman–Crippen MR) is 114 cm³/mol. The van der Waals surface area contributed by atoms with Crippen molar-refractivity contribution in [1.82, 2.24) is 5.43 Å². The van der Waals surface area contributed by atoms with E-state index in [2.05, 4.69) is 17.5 Å². The topological polar surface area (TPSA) is 87.6 Å². The summed E-state index contributed by atoms with van der Waals surface area (Å²) in [4.78, 5) is 12.0. The van der Waals surface area contributed by atoms with Gasteiger partial charge >= 0.3 is 0 Å². The first kappa shape index (κ1) is 22.9. The van der Waals surface area contributed by atoms with Crippen molar-refractivity contribution in [2.75, 3.05) is 34.5 Å². The molecule has 2 aromatic carbocycles. The molecule has 30 heavy (non-hydrogen) atoms. The van der Waals surface area contributed by atoms with Crippen molar-refractivity contribution in [1.29, 1.82) is 0 Å². The van der Waals surface area contributed by atoms with Crippen molar-refractivity contribution >= 4 is 12.1 Å². The standard InChI is InChI=1S/C22H28N2O6/c1-5-6-13-29-17-8-10-18(11-9-17)30-15-20(25)24-23-14-16-7-12-19(26-2)22(28-4)21(16)27-3/h7-12,14H,5-6,13,15H2,1-4H3,(H,24,25)/b23-14-. The summed E-state index contributed by atoms with van der Waals surface area (Å²) in [5, 5.41) is 3.95. The summed E-state index contributed by atoms with van der Waals surface area (Å²) in [6, 6.07) is 10.6. The molecule has 0 fully saturated rings. The first-order valence-corrected chi connectivity index (χ1v) is 9.59. The van der Waals surface area contributed by atoms with Crippen molar-refractivity contribution in [2.24, 2.45) is 5.10 Å². The van der Waals surface area contributed by atoms with E-state index in [0.29, 0.717) is 35.2 Å². The molecular formula is C22H28N2O6. The van der Waals surface area contributed by atoms with Gasteiger partial charge in [0.25, 0.3) is 5.91 Å². The molecule has 0 bridgehead atoms. The summed E-state index contributed by atoms with van der Waals surface area (Å²) in [6.07, 6.45) is 3.55. The number of carbonyl (C=O) groups is 1. The summed E-state index contributed by atoms with van der Waals surface area (Å²) in [5.74, 6) is 2.38. The molecule has 2 rings (SSSR count). The highest BCUT2D eigenvalue weighted by atomic mass is 16.5. The van der Waals surface area contributed by atoms with Crippen molar-refractivity contribution in [2.45, 2.75) is 19.8 Å². The lowest BCUT2D eigenvalue weighted by Gasteiger charge is -2.13. The van der Waals surface area contributed by atoms with Gasteiger partial charge < -0.3 is 23.7 Å². The Morgan fingerprint density at radius 1 is 0.933 bits per heavy atom. The Morgan fingerprint density at radius 3 is 2.20 bits per heavy atom. The summed E-state index contributed by atoms with van der Waals surface area (Å²) in [6.45, 7) is 2.62. The van der Waals surface area contributed by atoms with Crippen LogP contribution in [-0.2, 0) is 4.79 Å². The van der Waals surface area contributed by atoms with Gasteiger partial charge in [0.1, 0.15) is 11.5 Å². The zero-order valence-electron chi connectivity index (χ0n) is 17.8. The maximum Gasteiger partial charge on any atom is 0.277 e. The van der Waals surface area contributed by atoms with Crippen LogP contribution >= 0.6 is 0 Å². The number of hydrazone groups is 1. The Balaban J connectivity index is 1.87. The number of amides is 1. The Kier molecular flexibility index (Phi) is 9.30. The Hall–Kier alpha value is -3.42. The number of carbonyl (C=O) groups excluding carboxylic acids is 1. The maximum atomic E-state index is 12.0. The van der Waals surface area contributed by atoms with Gasteiger partial charge in [0.2, 0.25) is 5.75 Å². The molecule has 0 aromatic heterocycles. The quantitative estimate of drug-likeness (QED) is 0.324. The lowest BCUT2D eigenvalue weighted by Crippen LogP contribution is -2.24. The van der Waals surface area contributed by atoms with Crippen LogP contribution in [0.1, 0.15) is 25.3 Å². The van der Waals surface area contributed by atoms with E-state index in [1.54, 1.807) is 24.3 Å². The number of nitrogens with one attached hydrogen (secondary N) is 1. The second-order valence-corrected chi connectivity index (χ2v) is 6.18. The lowest BCUT2D eigenvalue weighted by atomic mass is 10.2. The van der Waals surface area contributed by atoms with Crippen molar-refractivity contribution < 1.29 is 28.5 Å². The Morgan fingerprint density at radius 2 is 1.60 bits per heavy atom. The summed E-state index contributed by atoms with van der Waals surface area (Å²) in [7, 11) is 4.57. The molecule has 0 aliphatic carbocycles. The molecule has 1 amide bonds. The van der Waals surface area contributed by atoms with Gasteiger partial charge in [-0.1, -0.05) is 13.3 Å². The highest BCUT2D eigenvalue weighted by molar-refractivity contribution is 5.87. The SMILES string of the molecule is CCCCOc1ccc(OCC(=O)N/N=C\c2ccc(OC)c(OC)c2OC)cc1. The number of unbranched alkanes of at least 4 members (excludes halogenated alkanes) is 1. The van der Waals surface area contributed by atoms with Crippen LogP contribution in [-0.4, -0.2) is 46.7 Å². The maximum absolute atomic E-state index is 12.0. The fourth-order valence-electron chi connectivity index (χ4n) is 2.55. The second-order valence-electron chi connectivity index (χ2n) is 6.18. The molecule has 0 radical (unpaired) electrons. The fourth-order valence-corrected chi connectivity index (χ4v) is 2.55. The average Bonchev–Trinajstić information content (AvgIpc) is 2.78. The number of ether oxygens (including phenoxy) is 5. The second kappa shape index (κ2) is 12.2. The van der Waals surface area contributed by atoms with Crippen LogP contribution < -0.4 is 29.1 Å². The van der Waals surface area contributed by atoms with Gasteiger partial charge in [0.05, 0.1) is 34.2 Å². The average molecular weight is 416 g/mol. The fraction of sp³-hybridized carbons (Fsp3) is 0.364. The van der Waals surface area contributed by atoms with Gasteiger partial charge in [-0.2, -0.15) is 5.10 Å². The number of methoxy groups -OCH3 is 3. The zero-order chi connectivity index (χ0) is 21.8. The van der Waals surface area contributed by atoms with Crippen LogP contribution in [0.4, 0.5) is 0 Å². The summed E-state index contributed by atoms with van der Waals surface area (Å²) in [5.41, 5.74) is 3.04. The first-order chi connectivity index (χ1) is 14.6. The summed E-state index contributed by atoms with van der Waals surface area (Å²) < 4.78 is 27.0. The minimum atomic E-state index is -0.394. The third-order valence-electron chi connectivity index (χ3n) is 4.09. The van der Waals surface area contributed by atoms with Gasteiger partial charge in [-0.25, -0.2) is 5.43 Å². The van der Waals surface area contributed by atoms with Gasteiger partial charge in [-0.15, -0.1) is 0 Å². The molecular weight excluding hydrogens is 388 g/mol. The molecule has 8 nitrogen and oxygen atoms in total. The molecule has 0 aliphatic heterocycles. The molecule has 1 N–H and O–H groups in total. The highest BCUT2D eigenvalue weighted by Crippen LogP contribution is 2.38. The van der Waals surface area contributed by atoms with Crippen LogP contribution in [0.5, 0.6) is 28.7 Å². The molecule has 0 saturated carbocycles. The van der Waals surface area contributed by atoms with Crippen molar-refractivity contribution in [3.05, 3.63) is 42.0 Å². The lowest BCUT2D eigenvalue weighted by molar-refractivity contribution is -0.123.